The normalized spacial score (nSPS) is 10.3. The molecule has 2 aromatic carbocycles. The van der Waals surface area contributed by atoms with Gasteiger partial charge in [0.25, 0.3) is 5.91 Å². The smallest absolute Gasteiger partial charge is 0.258 e. The summed E-state index contributed by atoms with van der Waals surface area (Å²) in [7, 11) is 1.74. The Hall–Kier alpha value is -3.14. The number of hydrogen-bond acceptors (Lipinski definition) is 3. The number of benzene rings is 2. The van der Waals surface area contributed by atoms with Crippen LogP contribution < -0.4 is 4.90 Å². The van der Waals surface area contributed by atoms with Crippen LogP contribution in [0.3, 0.4) is 0 Å². The van der Waals surface area contributed by atoms with Crippen LogP contribution in [0.1, 0.15) is 20.9 Å². The molecule has 0 aliphatic rings. The quantitative estimate of drug-likeness (QED) is 0.684. The Morgan fingerprint density at radius 3 is 2.26 bits per heavy atom. The lowest BCUT2D eigenvalue weighted by atomic mass is 10.1. The van der Waals surface area contributed by atoms with Crippen LogP contribution in [0.5, 0.6) is 0 Å². The zero-order valence-electron chi connectivity index (χ0n) is 12.6. The molecular formula is C19H15NO3. The monoisotopic (exact) mass is 305 g/mol. The number of amides is 1. The summed E-state index contributed by atoms with van der Waals surface area (Å²) in [6.45, 7) is 0. The molecule has 0 radical (unpaired) electrons. The average Bonchev–Trinajstić information content (AvgIpc) is 3.10. The van der Waals surface area contributed by atoms with Crippen LogP contribution in [0.4, 0.5) is 5.69 Å². The summed E-state index contributed by atoms with van der Waals surface area (Å²) < 4.78 is 5.39. The maximum Gasteiger partial charge on any atom is 0.258 e. The average molecular weight is 305 g/mol. The third kappa shape index (κ3) is 3.06. The van der Waals surface area contributed by atoms with Gasteiger partial charge < -0.3 is 9.32 Å². The van der Waals surface area contributed by atoms with E-state index in [4.69, 9.17) is 4.42 Å². The number of aldehydes is 1. The summed E-state index contributed by atoms with van der Waals surface area (Å²) >= 11 is 0. The molecule has 3 rings (SSSR count). The van der Waals surface area contributed by atoms with E-state index in [1.807, 2.05) is 42.5 Å². The Morgan fingerprint density at radius 1 is 0.957 bits per heavy atom. The van der Waals surface area contributed by atoms with Crippen molar-refractivity contribution in [3.63, 3.8) is 0 Å². The number of anilines is 1. The molecule has 1 aromatic heterocycles. The van der Waals surface area contributed by atoms with Crippen molar-refractivity contribution in [2.24, 2.45) is 0 Å². The number of carbonyl (C=O) groups is 2. The van der Waals surface area contributed by atoms with Gasteiger partial charge in [0.1, 0.15) is 5.76 Å². The molecule has 0 unspecified atom stereocenters. The Kier molecular flexibility index (Phi) is 4.06. The van der Waals surface area contributed by atoms with Crippen LogP contribution in [0, 0.1) is 0 Å². The zero-order chi connectivity index (χ0) is 16.2. The van der Waals surface area contributed by atoms with E-state index in [0.29, 0.717) is 23.4 Å². The molecule has 0 fully saturated rings. The minimum Gasteiger partial charge on any atom is -0.453 e. The van der Waals surface area contributed by atoms with E-state index in [0.717, 1.165) is 11.3 Å². The van der Waals surface area contributed by atoms with Crippen LogP contribution in [0.25, 0.3) is 11.3 Å². The highest BCUT2D eigenvalue weighted by Crippen LogP contribution is 2.25. The van der Waals surface area contributed by atoms with Crippen LogP contribution in [0.2, 0.25) is 0 Å². The second kappa shape index (κ2) is 6.32. The number of furan rings is 1. The molecule has 0 aliphatic carbocycles. The van der Waals surface area contributed by atoms with E-state index in [1.54, 1.807) is 36.2 Å². The molecule has 1 amide bonds. The van der Waals surface area contributed by atoms with Crippen molar-refractivity contribution in [3.8, 4) is 11.3 Å². The van der Waals surface area contributed by atoms with E-state index in [9.17, 15) is 9.59 Å². The molecule has 4 nitrogen and oxygen atoms in total. The minimum atomic E-state index is -0.0698. The lowest BCUT2D eigenvalue weighted by Crippen LogP contribution is -2.25. The first-order chi connectivity index (χ1) is 11.2. The molecule has 1 heterocycles. The largest absolute Gasteiger partial charge is 0.453 e. The van der Waals surface area contributed by atoms with Crippen molar-refractivity contribution in [3.05, 3.63) is 78.1 Å². The van der Waals surface area contributed by atoms with E-state index in [-0.39, 0.29) is 5.91 Å². The predicted octanol–water partition coefficient (Wildman–Crippen LogP) is 4.04. The topological polar surface area (TPSA) is 50.5 Å². The van der Waals surface area contributed by atoms with Gasteiger partial charge in [-0.05, 0) is 48.5 Å². The molecule has 0 bridgehead atoms. The van der Waals surface area contributed by atoms with Gasteiger partial charge in [-0.1, -0.05) is 18.2 Å². The zero-order valence-corrected chi connectivity index (χ0v) is 12.6. The van der Waals surface area contributed by atoms with Crippen molar-refractivity contribution in [1.82, 2.24) is 0 Å². The number of hydrogen-bond donors (Lipinski definition) is 0. The summed E-state index contributed by atoms with van der Waals surface area (Å²) in [5.41, 5.74) is 2.27. The second-order valence-electron chi connectivity index (χ2n) is 5.10. The highest BCUT2D eigenvalue weighted by atomic mass is 16.3. The molecule has 114 valence electrons. The molecule has 0 spiro atoms. The molecule has 0 saturated carbocycles. The summed E-state index contributed by atoms with van der Waals surface area (Å²) in [4.78, 5) is 24.7. The van der Waals surface area contributed by atoms with Crippen molar-refractivity contribution < 1.29 is 14.0 Å². The summed E-state index contributed by atoms with van der Waals surface area (Å²) in [5.74, 6) is 0.843. The maximum absolute atomic E-state index is 12.4. The fourth-order valence-electron chi connectivity index (χ4n) is 2.31. The van der Waals surface area contributed by atoms with Gasteiger partial charge in [-0.25, -0.2) is 0 Å². The van der Waals surface area contributed by atoms with Gasteiger partial charge in [-0.3, -0.25) is 9.59 Å². The van der Waals surface area contributed by atoms with Gasteiger partial charge in [0, 0.05) is 23.9 Å². The van der Waals surface area contributed by atoms with Gasteiger partial charge >= 0.3 is 0 Å². The first-order valence-electron chi connectivity index (χ1n) is 7.17. The number of rotatable bonds is 4. The van der Waals surface area contributed by atoms with E-state index in [2.05, 4.69) is 0 Å². The third-order valence-corrected chi connectivity index (χ3v) is 3.61. The van der Waals surface area contributed by atoms with Crippen LogP contribution in [-0.4, -0.2) is 19.2 Å². The minimum absolute atomic E-state index is 0.0698. The first-order valence-corrected chi connectivity index (χ1v) is 7.17. The number of nitrogens with zero attached hydrogens (tertiary/aromatic N) is 1. The molecule has 3 aromatic rings. The highest BCUT2D eigenvalue weighted by molar-refractivity contribution is 6.05. The predicted molar refractivity (Wildman–Crippen MR) is 88.7 cm³/mol. The van der Waals surface area contributed by atoms with Gasteiger partial charge in [0.15, 0.2) is 12.0 Å². The van der Waals surface area contributed by atoms with E-state index in [1.165, 1.54) is 0 Å². The lowest BCUT2D eigenvalue weighted by Gasteiger charge is -2.17. The van der Waals surface area contributed by atoms with Crippen LogP contribution in [-0.2, 0) is 0 Å². The molecule has 0 N–H and O–H groups in total. The van der Waals surface area contributed by atoms with Gasteiger partial charge in [0.2, 0.25) is 0 Å². The summed E-state index contributed by atoms with van der Waals surface area (Å²) in [6, 6.07) is 19.9. The van der Waals surface area contributed by atoms with Crippen LogP contribution in [0.15, 0.2) is 71.1 Å². The molecule has 0 saturated heterocycles. The van der Waals surface area contributed by atoms with Crippen molar-refractivity contribution in [1.29, 1.82) is 0 Å². The Morgan fingerprint density at radius 2 is 1.65 bits per heavy atom. The fraction of sp³-hybridized carbons (Fsp3) is 0.0526. The van der Waals surface area contributed by atoms with Gasteiger partial charge in [-0.2, -0.15) is 0 Å². The Balaban J connectivity index is 1.81. The molecular weight excluding hydrogens is 290 g/mol. The molecule has 4 heteroatoms. The SMILES string of the molecule is CN(C(=O)c1ccccc1)c1ccc(-c2ccc(C=O)o2)cc1. The second-order valence-corrected chi connectivity index (χ2v) is 5.10. The third-order valence-electron chi connectivity index (χ3n) is 3.61. The van der Waals surface area contributed by atoms with E-state index < -0.39 is 0 Å². The Labute approximate surface area is 134 Å². The van der Waals surface area contributed by atoms with Gasteiger partial charge in [-0.15, -0.1) is 0 Å². The highest BCUT2D eigenvalue weighted by Gasteiger charge is 2.13. The van der Waals surface area contributed by atoms with Gasteiger partial charge in [0.05, 0.1) is 0 Å². The summed E-state index contributed by atoms with van der Waals surface area (Å²) in [5, 5.41) is 0. The first kappa shape index (κ1) is 14.8. The Bertz CT molecular complexity index is 819. The molecule has 23 heavy (non-hydrogen) atoms. The summed E-state index contributed by atoms with van der Waals surface area (Å²) in [6.07, 6.45) is 0.671. The molecule has 0 atom stereocenters. The van der Waals surface area contributed by atoms with Crippen LogP contribution >= 0.6 is 0 Å². The fourth-order valence-corrected chi connectivity index (χ4v) is 2.31. The van der Waals surface area contributed by atoms with Crippen molar-refractivity contribution in [2.45, 2.75) is 0 Å². The van der Waals surface area contributed by atoms with Crippen molar-refractivity contribution >= 4 is 17.9 Å². The number of carbonyl (C=O) groups excluding carboxylic acids is 2. The van der Waals surface area contributed by atoms with E-state index >= 15 is 0 Å². The standard InChI is InChI=1S/C19H15NO3/c1-20(19(22)15-5-3-2-4-6-15)16-9-7-14(8-10-16)18-12-11-17(13-21)23-18/h2-13H,1H3. The lowest BCUT2D eigenvalue weighted by molar-refractivity contribution is 0.0992. The maximum atomic E-state index is 12.4. The molecule has 0 aliphatic heterocycles. The van der Waals surface area contributed by atoms with Crippen molar-refractivity contribution in [2.75, 3.05) is 11.9 Å².